The largest absolute Gasteiger partial charge is 0.497 e. The second kappa shape index (κ2) is 9.52. The number of ether oxygens (including phenoxy) is 2. The number of hydrogen-bond acceptors (Lipinski definition) is 6. The summed E-state index contributed by atoms with van der Waals surface area (Å²) in [7, 11) is 2.75. The third kappa shape index (κ3) is 4.97. The van der Waals surface area contributed by atoms with Gasteiger partial charge in [-0.2, -0.15) is 0 Å². The average Bonchev–Trinajstić information content (AvgIpc) is 2.98. The molecule has 1 aliphatic rings. The molecule has 0 bridgehead atoms. The Kier molecular flexibility index (Phi) is 6.81. The van der Waals surface area contributed by atoms with Crippen molar-refractivity contribution in [2.24, 2.45) is 0 Å². The predicted molar refractivity (Wildman–Crippen MR) is 115 cm³/mol. The quantitative estimate of drug-likeness (QED) is 0.517. The van der Waals surface area contributed by atoms with E-state index >= 15 is 0 Å². The van der Waals surface area contributed by atoms with Gasteiger partial charge in [0, 0.05) is 5.69 Å². The van der Waals surface area contributed by atoms with Gasteiger partial charge in [0.2, 0.25) is 5.91 Å². The van der Waals surface area contributed by atoms with Crippen molar-refractivity contribution < 1.29 is 28.2 Å². The minimum absolute atomic E-state index is 0.0317. The van der Waals surface area contributed by atoms with Crippen LogP contribution in [-0.2, 0) is 19.1 Å². The van der Waals surface area contributed by atoms with E-state index in [0.29, 0.717) is 17.1 Å². The minimum atomic E-state index is -1.02. The van der Waals surface area contributed by atoms with Crippen LogP contribution in [-0.4, -0.2) is 54.6 Å². The highest BCUT2D eigenvalue weighted by Gasteiger charge is 2.45. The maximum atomic E-state index is 13.3. The van der Waals surface area contributed by atoms with E-state index in [9.17, 15) is 18.8 Å². The van der Waals surface area contributed by atoms with Crippen LogP contribution in [0.15, 0.2) is 48.5 Å². The molecule has 1 aliphatic heterocycles. The Labute approximate surface area is 183 Å². The smallest absolute Gasteiger partial charge is 0.325 e. The minimum Gasteiger partial charge on any atom is -0.497 e. The molecule has 1 heterocycles. The van der Waals surface area contributed by atoms with Gasteiger partial charge in [0.25, 0.3) is 5.91 Å². The van der Waals surface area contributed by atoms with Crippen molar-refractivity contribution >= 4 is 46.5 Å². The van der Waals surface area contributed by atoms with Gasteiger partial charge in [0.1, 0.15) is 24.2 Å². The summed E-state index contributed by atoms with van der Waals surface area (Å²) < 4.78 is 23.1. The van der Waals surface area contributed by atoms with E-state index in [1.807, 2.05) is 0 Å². The van der Waals surface area contributed by atoms with E-state index in [1.165, 1.54) is 48.3 Å². The summed E-state index contributed by atoms with van der Waals surface area (Å²) in [5, 5.41) is 2.74. The molecule has 10 heteroatoms. The molecule has 1 N–H and O–H groups in total. The van der Waals surface area contributed by atoms with Crippen LogP contribution in [0.4, 0.5) is 15.8 Å². The molecule has 1 saturated heterocycles. The van der Waals surface area contributed by atoms with Crippen molar-refractivity contribution in [3.63, 3.8) is 0 Å². The zero-order valence-corrected chi connectivity index (χ0v) is 17.6. The van der Waals surface area contributed by atoms with Gasteiger partial charge in [-0.25, -0.2) is 4.39 Å². The summed E-state index contributed by atoms with van der Waals surface area (Å²) in [5.41, 5.74) is 0.859. The molecular weight excluding hydrogens is 425 g/mol. The van der Waals surface area contributed by atoms with Gasteiger partial charge < -0.3 is 19.7 Å². The zero-order valence-electron chi connectivity index (χ0n) is 16.8. The number of carbonyl (C=O) groups is 3. The van der Waals surface area contributed by atoms with E-state index in [1.54, 1.807) is 24.3 Å². The highest BCUT2D eigenvalue weighted by molar-refractivity contribution is 7.80. The summed E-state index contributed by atoms with van der Waals surface area (Å²) in [5.74, 6) is -1.39. The number of anilines is 2. The molecule has 3 rings (SSSR count). The fraction of sp³-hybridized carbons (Fsp3) is 0.238. The van der Waals surface area contributed by atoms with Gasteiger partial charge in [-0.15, -0.1) is 0 Å². The lowest BCUT2D eigenvalue weighted by molar-refractivity contribution is -0.141. The van der Waals surface area contributed by atoms with Crippen LogP contribution in [0, 0.1) is 5.82 Å². The average molecular weight is 445 g/mol. The summed E-state index contributed by atoms with van der Waals surface area (Å²) in [6.07, 6.45) is -0.250. The molecule has 0 aromatic heterocycles. The number of nitrogens with zero attached hydrogens (tertiary/aromatic N) is 2. The Balaban J connectivity index is 1.81. The molecular formula is C21H20FN3O5S. The van der Waals surface area contributed by atoms with Crippen molar-refractivity contribution in [1.82, 2.24) is 4.90 Å². The van der Waals surface area contributed by atoms with Crippen LogP contribution in [0.3, 0.4) is 0 Å². The van der Waals surface area contributed by atoms with E-state index in [2.05, 4.69) is 5.32 Å². The van der Waals surface area contributed by atoms with Crippen LogP contribution >= 0.6 is 12.2 Å². The molecule has 0 saturated carbocycles. The molecule has 31 heavy (non-hydrogen) atoms. The van der Waals surface area contributed by atoms with E-state index in [4.69, 9.17) is 21.7 Å². The third-order valence-electron chi connectivity index (χ3n) is 4.68. The number of amides is 2. The standard InChI is InChI=1S/C21H20FN3O5S/c1-29-16-9-5-14(6-10-16)23-18(26)11-17-20(28)25(15-7-3-13(22)4-8-15)21(31)24(17)12-19(27)30-2/h3-10,17H,11-12H2,1-2H3,(H,23,26)/t17-/m1/s1. The summed E-state index contributed by atoms with van der Waals surface area (Å²) >= 11 is 5.39. The molecule has 8 nitrogen and oxygen atoms in total. The Morgan fingerprint density at radius 2 is 1.74 bits per heavy atom. The van der Waals surface area contributed by atoms with E-state index in [-0.39, 0.29) is 18.1 Å². The van der Waals surface area contributed by atoms with Crippen LogP contribution in [0.1, 0.15) is 6.42 Å². The van der Waals surface area contributed by atoms with Crippen LogP contribution < -0.4 is 15.0 Å². The fourth-order valence-corrected chi connectivity index (χ4v) is 3.49. The molecule has 162 valence electrons. The van der Waals surface area contributed by atoms with Crippen LogP contribution in [0.2, 0.25) is 0 Å². The van der Waals surface area contributed by atoms with Crippen molar-refractivity contribution in [1.29, 1.82) is 0 Å². The Morgan fingerprint density at radius 1 is 1.10 bits per heavy atom. The summed E-state index contributed by atoms with van der Waals surface area (Å²) in [6, 6.07) is 10.9. The van der Waals surface area contributed by atoms with E-state index in [0.717, 1.165) is 0 Å². The molecule has 2 aromatic rings. The van der Waals surface area contributed by atoms with E-state index < -0.39 is 29.6 Å². The number of halogens is 1. The molecule has 0 spiro atoms. The Hall–Kier alpha value is -3.53. The first kappa shape index (κ1) is 22.2. The second-order valence-electron chi connectivity index (χ2n) is 6.63. The highest BCUT2D eigenvalue weighted by Crippen LogP contribution is 2.27. The van der Waals surface area contributed by atoms with Crippen LogP contribution in [0.25, 0.3) is 0 Å². The number of rotatable bonds is 7. The lowest BCUT2D eigenvalue weighted by Crippen LogP contribution is -2.41. The third-order valence-corrected chi connectivity index (χ3v) is 5.10. The van der Waals surface area contributed by atoms with Crippen molar-refractivity contribution in [3.05, 3.63) is 54.3 Å². The number of benzene rings is 2. The van der Waals surface area contributed by atoms with Gasteiger partial charge in [-0.3, -0.25) is 19.3 Å². The zero-order chi connectivity index (χ0) is 22.5. The Morgan fingerprint density at radius 3 is 2.32 bits per heavy atom. The number of nitrogens with one attached hydrogen (secondary N) is 1. The first-order valence-corrected chi connectivity index (χ1v) is 9.65. The van der Waals surface area contributed by atoms with Crippen molar-refractivity contribution in [2.75, 3.05) is 31.0 Å². The topological polar surface area (TPSA) is 88.2 Å². The monoisotopic (exact) mass is 445 g/mol. The van der Waals surface area contributed by atoms with Gasteiger partial charge in [-0.05, 0) is 60.7 Å². The van der Waals surface area contributed by atoms with Gasteiger partial charge in [-0.1, -0.05) is 0 Å². The fourth-order valence-electron chi connectivity index (χ4n) is 3.11. The number of esters is 1. The summed E-state index contributed by atoms with van der Waals surface area (Å²) in [4.78, 5) is 40.1. The normalized spacial score (nSPS) is 15.8. The van der Waals surface area contributed by atoms with Gasteiger partial charge >= 0.3 is 5.97 Å². The lowest BCUT2D eigenvalue weighted by Gasteiger charge is -2.22. The van der Waals surface area contributed by atoms with Crippen molar-refractivity contribution in [3.8, 4) is 5.75 Å². The predicted octanol–water partition coefficient (Wildman–Crippen LogP) is 2.34. The van der Waals surface area contributed by atoms with Crippen molar-refractivity contribution in [2.45, 2.75) is 12.5 Å². The number of methoxy groups -OCH3 is 2. The van der Waals surface area contributed by atoms with Crippen LogP contribution in [0.5, 0.6) is 5.75 Å². The lowest BCUT2D eigenvalue weighted by atomic mass is 10.1. The molecule has 2 aromatic carbocycles. The molecule has 1 atom stereocenters. The number of hydrogen-bond donors (Lipinski definition) is 1. The number of carbonyl (C=O) groups excluding carboxylic acids is 3. The molecule has 1 fully saturated rings. The maximum Gasteiger partial charge on any atom is 0.325 e. The Bertz CT molecular complexity index is 997. The SMILES string of the molecule is COC(=O)CN1C(=S)N(c2ccc(F)cc2)C(=O)[C@H]1CC(=O)Nc1ccc(OC)cc1. The molecule has 0 unspecified atom stereocenters. The highest BCUT2D eigenvalue weighted by atomic mass is 32.1. The van der Waals surface area contributed by atoms with Gasteiger partial charge in [0.15, 0.2) is 5.11 Å². The molecule has 0 aliphatic carbocycles. The first-order chi connectivity index (χ1) is 14.8. The second-order valence-corrected chi connectivity index (χ2v) is 7.00. The first-order valence-electron chi connectivity index (χ1n) is 9.25. The molecule has 0 radical (unpaired) electrons. The molecule has 2 amide bonds. The number of thiocarbonyl (C=S) groups is 1. The summed E-state index contributed by atoms with van der Waals surface area (Å²) in [6.45, 7) is -0.306. The maximum absolute atomic E-state index is 13.3. The van der Waals surface area contributed by atoms with Gasteiger partial charge in [0.05, 0.1) is 26.3 Å².